The first-order valence-electron chi connectivity index (χ1n) is 12.3. The first-order valence-corrected chi connectivity index (χ1v) is 12.3. The van der Waals surface area contributed by atoms with Gasteiger partial charge in [0.15, 0.2) is 0 Å². The van der Waals surface area contributed by atoms with E-state index in [9.17, 15) is 15.3 Å². The van der Waals surface area contributed by atoms with Gasteiger partial charge in [0, 0.05) is 6.42 Å². The number of fused-ring (bicyclic) bond motifs is 1. The molecule has 3 fully saturated rings. The molecule has 4 heteroatoms. The van der Waals surface area contributed by atoms with Crippen molar-refractivity contribution in [2.75, 3.05) is 0 Å². The summed E-state index contributed by atoms with van der Waals surface area (Å²) >= 11 is 0. The van der Waals surface area contributed by atoms with Gasteiger partial charge in [-0.15, -0.1) is 0 Å². The second kappa shape index (κ2) is 10.8. The molecule has 0 heterocycles. The summed E-state index contributed by atoms with van der Waals surface area (Å²) in [6, 6.07) is 0. The summed E-state index contributed by atoms with van der Waals surface area (Å²) in [7, 11) is 0. The third-order valence-corrected chi connectivity index (χ3v) is 8.68. The zero-order valence-electron chi connectivity index (χ0n) is 20.1. The molecule has 3 saturated carbocycles. The van der Waals surface area contributed by atoms with Crippen molar-refractivity contribution in [1.82, 2.24) is 0 Å². The lowest BCUT2D eigenvalue weighted by Gasteiger charge is -2.44. The van der Waals surface area contributed by atoms with Crippen molar-refractivity contribution in [1.29, 1.82) is 0 Å². The number of aliphatic hydroxyl groups excluding tert-OH is 3. The molecular weight excluding hydrogens is 388 g/mol. The van der Waals surface area contributed by atoms with Crippen LogP contribution < -0.4 is 0 Å². The maximum atomic E-state index is 10.3. The van der Waals surface area contributed by atoms with E-state index < -0.39 is 12.2 Å². The molecule has 0 aromatic rings. The maximum absolute atomic E-state index is 10.3. The lowest BCUT2D eigenvalue weighted by Crippen LogP contribution is -2.36. The zero-order chi connectivity index (χ0) is 22.1. The van der Waals surface area contributed by atoms with E-state index in [1.54, 1.807) is 5.57 Å². The van der Waals surface area contributed by atoms with Crippen LogP contribution in [0, 0.1) is 29.1 Å². The average molecular weight is 435 g/mol. The summed E-state index contributed by atoms with van der Waals surface area (Å²) < 4.78 is 0. The predicted molar refractivity (Wildman–Crippen MR) is 128 cm³/mol. The fraction of sp³-hybridized carbons (Fsp3) is 0.778. The number of hydrogen-bond donors (Lipinski definition) is 3. The van der Waals surface area contributed by atoms with Crippen LogP contribution in [0.15, 0.2) is 35.5 Å². The van der Waals surface area contributed by atoms with Gasteiger partial charge < -0.3 is 20.8 Å². The molecule has 0 spiro atoms. The van der Waals surface area contributed by atoms with Crippen molar-refractivity contribution in [2.45, 2.75) is 104 Å². The fourth-order valence-electron chi connectivity index (χ4n) is 6.65. The number of rotatable bonds is 6. The molecule has 5 N–H and O–H groups in total. The highest BCUT2D eigenvalue weighted by atomic mass is 16.3. The quantitative estimate of drug-likeness (QED) is 0.564. The Balaban J connectivity index is 0.00000341. The molecule has 0 amide bonds. The molecule has 0 bridgehead atoms. The second-order valence-electron chi connectivity index (χ2n) is 11.0. The van der Waals surface area contributed by atoms with Crippen molar-refractivity contribution >= 4 is 0 Å². The van der Waals surface area contributed by atoms with Crippen molar-refractivity contribution in [3.05, 3.63) is 35.5 Å². The van der Waals surface area contributed by atoms with Crippen LogP contribution in [0.2, 0.25) is 0 Å². The largest absolute Gasteiger partial charge is 0.412 e. The van der Waals surface area contributed by atoms with Crippen molar-refractivity contribution in [3.8, 4) is 0 Å². The monoisotopic (exact) mass is 434 g/mol. The second-order valence-corrected chi connectivity index (χ2v) is 11.0. The van der Waals surface area contributed by atoms with Crippen molar-refractivity contribution in [2.24, 2.45) is 29.1 Å². The van der Waals surface area contributed by atoms with E-state index in [1.807, 2.05) is 0 Å². The minimum Gasteiger partial charge on any atom is -0.412 e. The van der Waals surface area contributed by atoms with Crippen LogP contribution in [-0.4, -0.2) is 39.1 Å². The van der Waals surface area contributed by atoms with Crippen molar-refractivity contribution < 1.29 is 20.8 Å². The van der Waals surface area contributed by atoms with Crippen LogP contribution in [0.5, 0.6) is 0 Å². The molecule has 0 aromatic carbocycles. The highest BCUT2D eigenvalue weighted by Gasteiger charge is 2.50. The van der Waals surface area contributed by atoms with Gasteiger partial charge in [-0.2, -0.15) is 0 Å². The first kappa shape index (κ1) is 26.3. The third-order valence-electron chi connectivity index (χ3n) is 8.68. The molecule has 178 valence electrons. The molecule has 4 nitrogen and oxygen atoms in total. The van der Waals surface area contributed by atoms with E-state index >= 15 is 0 Å². The normalized spacial score (nSPS) is 38.3. The van der Waals surface area contributed by atoms with Crippen LogP contribution in [0.4, 0.5) is 0 Å². The van der Waals surface area contributed by atoms with Gasteiger partial charge in [0.2, 0.25) is 0 Å². The van der Waals surface area contributed by atoms with Gasteiger partial charge >= 0.3 is 0 Å². The number of allylic oxidation sites excluding steroid dienone is 3. The smallest absolute Gasteiger partial charge is 0.0811 e. The molecule has 3 aliphatic rings. The Bertz CT molecular complexity index is 679. The van der Waals surface area contributed by atoms with Gasteiger partial charge in [0.25, 0.3) is 0 Å². The summed E-state index contributed by atoms with van der Waals surface area (Å²) in [5, 5.41) is 30.4. The molecular formula is C27H46O4. The highest BCUT2D eigenvalue weighted by Crippen LogP contribution is 2.60. The minimum absolute atomic E-state index is 0. The summed E-state index contributed by atoms with van der Waals surface area (Å²) in [6.45, 7) is 13.2. The molecule has 3 rings (SSSR count). The fourth-order valence-corrected chi connectivity index (χ4v) is 6.65. The third kappa shape index (κ3) is 5.71. The SMILES string of the molecule is C=C1/C(=C\C=C2/CCC[C@]3(C)[C@@H]([C@H](C)CC[C@@H](O)C(C)C)CC[C@@H]23)C[C@H](O)C[C@H]1O.O. The van der Waals surface area contributed by atoms with E-state index in [2.05, 4.69) is 46.4 Å². The van der Waals surface area contributed by atoms with E-state index in [-0.39, 0.29) is 11.6 Å². The predicted octanol–water partition coefficient (Wildman–Crippen LogP) is 4.74. The number of aliphatic hydroxyl groups is 3. The standard InChI is InChI=1S/C27H44O3.H2O/c1-17(2)25(29)13-8-18(3)23-11-12-24-20(7-6-14-27(23,24)5)9-10-21-15-22(28)16-26(30)19(21)4;/h9-10,17-18,22-26,28-30H,4,6-8,11-16H2,1-3,5H3;1H2/b20-9+,21-10-;/t18-,22+,23-,24+,25-,26-,27-;/m1./s1. The molecule has 0 saturated heterocycles. The Morgan fingerprint density at radius 1 is 1.13 bits per heavy atom. The summed E-state index contributed by atoms with van der Waals surface area (Å²) in [4.78, 5) is 0. The number of hydrogen-bond acceptors (Lipinski definition) is 3. The molecule has 0 aliphatic heterocycles. The Morgan fingerprint density at radius 2 is 1.84 bits per heavy atom. The lowest BCUT2D eigenvalue weighted by molar-refractivity contribution is 0.0717. The minimum atomic E-state index is -0.618. The zero-order valence-corrected chi connectivity index (χ0v) is 20.1. The summed E-state index contributed by atoms with van der Waals surface area (Å²) in [5.41, 5.74) is 3.69. The van der Waals surface area contributed by atoms with Crippen LogP contribution in [0.3, 0.4) is 0 Å². The molecule has 0 unspecified atom stereocenters. The Labute approximate surface area is 189 Å². The lowest BCUT2D eigenvalue weighted by atomic mass is 9.60. The van der Waals surface area contributed by atoms with Crippen LogP contribution in [-0.2, 0) is 0 Å². The topological polar surface area (TPSA) is 92.2 Å². The maximum Gasteiger partial charge on any atom is 0.0811 e. The van der Waals surface area contributed by atoms with E-state index in [1.165, 1.54) is 25.7 Å². The summed E-state index contributed by atoms with van der Waals surface area (Å²) in [5.74, 6) is 2.35. The molecule has 31 heavy (non-hydrogen) atoms. The average Bonchev–Trinajstić information content (AvgIpc) is 3.04. The van der Waals surface area contributed by atoms with Crippen LogP contribution in [0.25, 0.3) is 0 Å². The van der Waals surface area contributed by atoms with E-state index in [0.717, 1.165) is 36.3 Å². The van der Waals surface area contributed by atoms with Gasteiger partial charge in [-0.1, -0.05) is 52.0 Å². The van der Waals surface area contributed by atoms with Crippen LogP contribution in [0.1, 0.15) is 85.5 Å². The van der Waals surface area contributed by atoms with Gasteiger partial charge in [0.1, 0.15) is 0 Å². The Hall–Kier alpha value is -0.940. The summed E-state index contributed by atoms with van der Waals surface area (Å²) in [6.07, 6.45) is 12.4. The molecule has 3 aliphatic carbocycles. The molecule has 0 aromatic heterocycles. The van der Waals surface area contributed by atoms with Crippen LogP contribution >= 0.6 is 0 Å². The molecule has 0 radical (unpaired) electrons. The van der Waals surface area contributed by atoms with E-state index in [0.29, 0.717) is 36.0 Å². The van der Waals surface area contributed by atoms with Gasteiger partial charge in [-0.3, -0.25) is 0 Å². The molecule has 7 atom stereocenters. The van der Waals surface area contributed by atoms with Gasteiger partial charge in [-0.25, -0.2) is 0 Å². The Morgan fingerprint density at radius 3 is 2.52 bits per heavy atom. The van der Waals surface area contributed by atoms with Gasteiger partial charge in [0.05, 0.1) is 18.3 Å². The van der Waals surface area contributed by atoms with Gasteiger partial charge in [-0.05, 0) is 91.6 Å². The Kier molecular flexibility index (Phi) is 9.15. The highest BCUT2D eigenvalue weighted by molar-refractivity contribution is 5.38. The van der Waals surface area contributed by atoms with E-state index in [4.69, 9.17) is 0 Å². The first-order chi connectivity index (χ1) is 14.1. The van der Waals surface area contributed by atoms with Crippen molar-refractivity contribution in [3.63, 3.8) is 0 Å².